The van der Waals surface area contributed by atoms with Crippen molar-refractivity contribution in [1.82, 2.24) is 5.32 Å². The van der Waals surface area contributed by atoms with Crippen molar-refractivity contribution >= 4 is 34.6 Å². The van der Waals surface area contributed by atoms with E-state index < -0.39 is 11.9 Å². The highest BCUT2D eigenvalue weighted by atomic mass is 35.5. The number of methoxy groups -OCH3 is 1. The van der Waals surface area contributed by atoms with Gasteiger partial charge in [-0.2, -0.15) is 13.2 Å². The van der Waals surface area contributed by atoms with Gasteiger partial charge in [0.05, 0.1) is 10.7 Å². The average molecular weight is 440 g/mol. The van der Waals surface area contributed by atoms with Crippen molar-refractivity contribution in [2.45, 2.75) is 12.6 Å². The Morgan fingerprint density at radius 2 is 1.77 bits per heavy atom. The summed E-state index contributed by atoms with van der Waals surface area (Å²) in [6.07, 6.45) is -3.45. The van der Waals surface area contributed by atoms with Crippen molar-refractivity contribution in [3.05, 3.63) is 70.8 Å². The molecular formula is C21H21ClF3N3O2. The molecule has 0 atom stereocenters. The van der Waals surface area contributed by atoms with Crippen molar-refractivity contribution < 1.29 is 22.7 Å². The van der Waals surface area contributed by atoms with Crippen molar-refractivity contribution in [1.29, 1.82) is 5.41 Å². The standard InChI is InChI=1S/C21H21ClF3N3O2/c1-30-12-4-11-27-20(29)15-9-7-14(8-10-15)18(13-19(26)21(23,24)25)28-17-6-3-2-5-16(17)22/h2-3,5-10,13,26,28H,4,11-12H2,1H3,(H,27,29)/b18-13-,26-19?. The maximum absolute atomic E-state index is 12.9. The van der Waals surface area contributed by atoms with Crippen molar-refractivity contribution in [2.75, 3.05) is 25.6 Å². The van der Waals surface area contributed by atoms with Crippen LogP contribution in [-0.4, -0.2) is 38.1 Å². The van der Waals surface area contributed by atoms with Gasteiger partial charge >= 0.3 is 6.18 Å². The highest BCUT2D eigenvalue weighted by molar-refractivity contribution is 6.33. The molecule has 0 saturated heterocycles. The van der Waals surface area contributed by atoms with E-state index in [9.17, 15) is 18.0 Å². The molecule has 2 aromatic rings. The van der Waals surface area contributed by atoms with Crippen LogP contribution >= 0.6 is 11.6 Å². The van der Waals surface area contributed by atoms with E-state index in [2.05, 4.69) is 10.6 Å². The van der Waals surface area contributed by atoms with E-state index in [-0.39, 0.29) is 11.6 Å². The lowest BCUT2D eigenvalue weighted by molar-refractivity contribution is -0.0583. The molecule has 0 heterocycles. The minimum absolute atomic E-state index is 0.0254. The first-order valence-corrected chi connectivity index (χ1v) is 9.36. The van der Waals surface area contributed by atoms with Gasteiger partial charge in [0, 0.05) is 31.5 Å². The van der Waals surface area contributed by atoms with Gasteiger partial charge in [-0.15, -0.1) is 0 Å². The topological polar surface area (TPSA) is 74.2 Å². The quantitative estimate of drug-likeness (QED) is 0.374. The Labute approximate surface area is 177 Å². The summed E-state index contributed by atoms with van der Waals surface area (Å²) in [7, 11) is 1.57. The summed E-state index contributed by atoms with van der Waals surface area (Å²) in [5.41, 5.74) is -0.381. The fourth-order valence-corrected chi connectivity index (χ4v) is 2.63. The molecule has 0 radical (unpaired) electrons. The number of para-hydroxylation sites is 1. The van der Waals surface area contributed by atoms with Crippen molar-refractivity contribution in [2.24, 2.45) is 0 Å². The summed E-state index contributed by atoms with van der Waals surface area (Å²) in [5, 5.41) is 13.2. The van der Waals surface area contributed by atoms with Gasteiger partial charge in [-0.1, -0.05) is 35.9 Å². The predicted molar refractivity (Wildman–Crippen MR) is 112 cm³/mol. The first kappa shape index (κ1) is 23.4. The van der Waals surface area contributed by atoms with Gasteiger partial charge in [-0.05, 0) is 42.3 Å². The fraction of sp³-hybridized carbons (Fsp3) is 0.238. The second-order valence-electron chi connectivity index (χ2n) is 6.25. The lowest BCUT2D eigenvalue weighted by atomic mass is 10.1. The molecule has 0 aliphatic carbocycles. The van der Waals surface area contributed by atoms with Crippen LogP contribution in [0.25, 0.3) is 5.70 Å². The Bertz CT molecular complexity index is 912. The fourth-order valence-electron chi connectivity index (χ4n) is 2.45. The molecule has 9 heteroatoms. The first-order valence-electron chi connectivity index (χ1n) is 8.99. The number of anilines is 1. The maximum atomic E-state index is 12.9. The zero-order valence-corrected chi connectivity index (χ0v) is 16.9. The second kappa shape index (κ2) is 10.8. The number of nitrogens with one attached hydrogen (secondary N) is 3. The molecule has 160 valence electrons. The van der Waals surface area contributed by atoms with Crippen LogP contribution in [0, 0.1) is 5.41 Å². The molecule has 30 heavy (non-hydrogen) atoms. The Kier molecular flexibility index (Phi) is 8.44. The summed E-state index contributed by atoms with van der Waals surface area (Å²) in [6.45, 7) is 0.961. The Hall–Kier alpha value is -2.84. The van der Waals surface area contributed by atoms with E-state index in [1.54, 1.807) is 31.4 Å². The summed E-state index contributed by atoms with van der Waals surface area (Å²) >= 11 is 6.09. The number of ether oxygens (including phenoxy) is 1. The molecule has 0 aliphatic rings. The third kappa shape index (κ3) is 6.89. The van der Waals surface area contributed by atoms with Gasteiger partial charge in [0.25, 0.3) is 5.91 Å². The molecule has 2 rings (SSSR count). The largest absolute Gasteiger partial charge is 0.432 e. The maximum Gasteiger partial charge on any atom is 0.432 e. The molecule has 2 aromatic carbocycles. The Balaban J connectivity index is 2.25. The lowest BCUT2D eigenvalue weighted by Crippen LogP contribution is -2.25. The van der Waals surface area contributed by atoms with Crippen LogP contribution in [0.3, 0.4) is 0 Å². The van der Waals surface area contributed by atoms with Gasteiger partial charge in [-0.3, -0.25) is 10.2 Å². The van der Waals surface area contributed by atoms with E-state index in [1.807, 2.05) is 0 Å². The van der Waals surface area contributed by atoms with Crippen LogP contribution < -0.4 is 10.6 Å². The molecule has 1 amide bonds. The number of alkyl halides is 3. The third-order valence-electron chi connectivity index (χ3n) is 4.01. The summed E-state index contributed by atoms with van der Waals surface area (Å²) < 4.78 is 43.6. The van der Waals surface area contributed by atoms with E-state index in [0.717, 1.165) is 0 Å². The number of amides is 1. The number of halogens is 4. The molecule has 0 aliphatic heterocycles. The van der Waals surface area contributed by atoms with Crippen LogP contribution in [0.1, 0.15) is 22.3 Å². The number of hydrogen-bond acceptors (Lipinski definition) is 4. The number of benzene rings is 2. The summed E-state index contributed by atoms with van der Waals surface area (Å²) in [5.74, 6) is -0.301. The average Bonchev–Trinajstić information content (AvgIpc) is 2.71. The SMILES string of the molecule is COCCCNC(=O)c1ccc(/C(=C/C(=N)C(F)(F)F)Nc2ccccc2Cl)cc1. The zero-order chi connectivity index (χ0) is 22.1. The number of hydrogen-bond donors (Lipinski definition) is 3. The molecular weight excluding hydrogens is 419 g/mol. The molecule has 0 aromatic heterocycles. The molecule has 0 saturated carbocycles. The lowest BCUT2D eigenvalue weighted by Gasteiger charge is -2.15. The highest BCUT2D eigenvalue weighted by Crippen LogP contribution is 2.27. The second-order valence-corrected chi connectivity index (χ2v) is 6.66. The van der Waals surface area contributed by atoms with Gasteiger partial charge in [0.15, 0.2) is 0 Å². The number of allylic oxidation sites excluding steroid dienone is 1. The van der Waals surface area contributed by atoms with Crippen molar-refractivity contribution in [3.63, 3.8) is 0 Å². The van der Waals surface area contributed by atoms with E-state index in [4.69, 9.17) is 21.7 Å². The van der Waals surface area contributed by atoms with E-state index >= 15 is 0 Å². The van der Waals surface area contributed by atoms with Gasteiger partial charge < -0.3 is 15.4 Å². The van der Waals surface area contributed by atoms with Crippen molar-refractivity contribution in [3.8, 4) is 0 Å². The number of rotatable bonds is 9. The molecule has 0 fully saturated rings. The minimum atomic E-state index is -4.80. The van der Waals surface area contributed by atoms with Crippen LogP contribution in [0.4, 0.5) is 18.9 Å². The third-order valence-corrected chi connectivity index (χ3v) is 4.34. The monoisotopic (exact) mass is 439 g/mol. The smallest absolute Gasteiger partial charge is 0.385 e. The van der Waals surface area contributed by atoms with Crippen LogP contribution in [0.2, 0.25) is 5.02 Å². The van der Waals surface area contributed by atoms with Gasteiger partial charge in [0.2, 0.25) is 0 Å². The van der Waals surface area contributed by atoms with Crippen LogP contribution in [0.15, 0.2) is 54.6 Å². The van der Waals surface area contributed by atoms with E-state index in [1.165, 1.54) is 24.3 Å². The predicted octanol–water partition coefficient (Wildman–Crippen LogP) is 5.14. The number of carbonyl (C=O) groups excluding carboxylic acids is 1. The zero-order valence-electron chi connectivity index (χ0n) is 16.1. The molecule has 0 unspecified atom stereocenters. The van der Waals surface area contributed by atoms with Crippen LogP contribution in [0.5, 0.6) is 0 Å². The Morgan fingerprint density at radius 1 is 1.13 bits per heavy atom. The van der Waals surface area contributed by atoms with Gasteiger partial charge in [-0.25, -0.2) is 0 Å². The van der Waals surface area contributed by atoms with E-state index in [0.29, 0.717) is 47.5 Å². The Morgan fingerprint density at radius 3 is 2.37 bits per heavy atom. The molecule has 0 bridgehead atoms. The summed E-state index contributed by atoms with van der Waals surface area (Å²) in [6, 6.07) is 12.6. The van der Waals surface area contributed by atoms with Crippen LogP contribution in [-0.2, 0) is 4.74 Å². The molecule has 0 spiro atoms. The number of carbonyl (C=O) groups is 1. The minimum Gasteiger partial charge on any atom is -0.385 e. The normalized spacial score (nSPS) is 11.8. The highest BCUT2D eigenvalue weighted by Gasteiger charge is 2.33. The molecule has 3 N–H and O–H groups in total. The first-order chi connectivity index (χ1) is 14.2. The summed E-state index contributed by atoms with van der Waals surface area (Å²) in [4.78, 5) is 12.2. The molecule has 5 nitrogen and oxygen atoms in total. The van der Waals surface area contributed by atoms with Gasteiger partial charge in [0.1, 0.15) is 5.71 Å².